The third-order valence-corrected chi connectivity index (χ3v) is 4.87. The fourth-order valence-electron chi connectivity index (χ4n) is 3.04. The predicted octanol–water partition coefficient (Wildman–Crippen LogP) is 3.78. The van der Waals surface area contributed by atoms with Crippen LogP contribution in [-0.2, 0) is 4.79 Å². The molecule has 3 heteroatoms. The van der Waals surface area contributed by atoms with Gasteiger partial charge in [-0.2, -0.15) is 0 Å². The third kappa shape index (κ3) is 4.48. The number of carbonyl (C=O) groups is 1. The van der Waals surface area contributed by atoms with Crippen LogP contribution in [0.25, 0.3) is 0 Å². The molecule has 2 unspecified atom stereocenters. The average molecular weight is 269 g/mol. The minimum absolute atomic E-state index is 0.285. The topological polar surface area (TPSA) is 40.5 Å². The highest BCUT2D eigenvalue weighted by atomic mass is 16.4. The predicted molar refractivity (Wildman–Crippen MR) is 79.3 cm³/mol. The molecule has 1 rings (SSSR count). The molecular formula is C16H31NO2. The molecule has 0 aromatic carbocycles. The number of hydrogen-bond donors (Lipinski definition) is 1. The Hall–Kier alpha value is -0.570. The summed E-state index contributed by atoms with van der Waals surface area (Å²) in [5.41, 5.74) is -0.595. The van der Waals surface area contributed by atoms with Crippen LogP contribution in [0, 0.1) is 11.3 Å². The van der Waals surface area contributed by atoms with Crippen LogP contribution >= 0.6 is 0 Å². The maximum absolute atomic E-state index is 11.4. The van der Waals surface area contributed by atoms with E-state index in [0.29, 0.717) is 6.04 Å². The lowest BCUT2D eigenvalue weighted by atomic mass is 9.74. The van der Waals surface area contributed by atoms with E-state index in [9.17, 15) is 9.90 Å². The standard InChI is InChI=1S/C16H31NO2/c1-5-6-7-9-13(2)17-11-8-10-14(12-17)16(3,4)15(18)19/h13-14H,5-12H2,1-4H3,(H,18,19). The van der Waals surface area contributed by atoms with Gasteiger partial charge in [0.2, 0.25) is 0 Å². The Kier molecular flexibility index (Phi) is 6.31. The van der Waals surface area contributed by atoms with E-state index >= 15 is 0 Å². The molecule has 0 saturated carbocycles. The maximum Gasteiger partial charge on any atom is 0.309 e. The average Bonchev–Trinajstić information content (AvgIpc) is 2.39. The number of hydrogen-bond acceptors (Lipinski definition) is 2. The molecule has 112 valence electrons. The van der Waals surface area contributed by atoms with Gasteiger partial charge in [-0.3, -0.25) is 4.79 Å². The molecule has 0 bridgehead atoms. The summed E-state index contributed by atoms with van der Waals surface area (Å²) in [6, 6.07) is 0.596. The Balaban J connectivity index is 2.52. The lowest BCUT2D eigenvalue weighted by molar-refractivity contribution is -0.151. The third-order valence-electron chi connectivity index (χ3n) is 4.87. The number of nitrogens with zero attached hydrogens (tertiary/aromatic N) is 1. The molecule has 1 N–H and O–H groups in total. The van der Waals surface area contributed by atoms with Gasteiger partial charge in [0, 0.05) is 12.6 Å². The summed E-state index contributed by atoms with van der Waals surface area (Å²) in [4.78, 5) is 13.9. The van der Waals surface area contributed by atoms with E-state index in [4.69, 9.17) is 0 Å². The summed E-state index contributed by atoms with van der Waals surface area (Å²) < 4.78 is 0. The first-order valence-corrected chi connectivity index (χ1v) is 7.87. The summed E-state index contributed by atoms with van der Waals surface area (Å²) >= 11 is 0. The largest absolute Gasteiger partial charge is 0.481 e. The van der Waals surface area contributed by atoms with Crippen molar-refractivity contribution in [2.24, 2.45) is 11.3 Å². The molecule has 0 aromatic heterocycles. The van der Waals surface area contributed by atoms with Crippen molar-refractivity contribution in [3.05, 3.63) is 0 Å². The number of rotatable bonds is 7. The fourth-order valence-corrected chi connectivity index (χ4v) is 3.04. The van der Waals surface area contributed by atoms with E-state index in [0.717, 1.165) is 25.9 Å². The SMILES string of the molecule is CCCCCC(C)N1CCCC(C(C)(C)C(=O)O)C1. The molecule has 2 atom stereocenters. The zero-order valence-electron chi connectivity index (χ0n) is 13.1. The first kappa shape index (κ1) is 16.5. The molecule has 0 amide bonds. The molecule has 19 heavy (non-hydrogen) atoms. The zero-order chi connectivity index (χ0) is 14.5. The van der Waals surface area contributed by atoms with Crippen molar-refractivity contribution in [2.75, 3.05) is 13.1 Å². The molecule has 1 fully saturated rings. The highest BCUT2D eigenvalue weighted by Gasteiger charge is 2.39. The van der Waals surface area contributed by atoms with Crippen molar-refractivity contribution < 1.29 is 9.90 Å². The van der Waals surface area contributed by atoms with Crippen molar-refractivity contribution in [3.63, 3.8) is 0 Å². The van der Waals surface area contributed by atoms with Crippen molar-refractivity contribution in [3.8, 4) is 0 Å². The van der Waals surface area contributed by atoms with Crippen molar-refractivity contribution in [1.82, 2.24) is 4.90 Å². The molecule has 0 radical (unpaired) electrons. The number of likely N-dealkylation sites (tertiary alicyclic amines) is 1. The summed E-state index contributed by atoms with van der Waals surface area (Å²) in [7, 11) is 0. The molecule has 1 aliphatic rings. The maximum atomic E-state index is 11.4. The number of carboxylic acid groups (broad SMARTS) is 1. The van der Waals surface area contributed by atoms with Gasteiger partial charge in [0.25, 0.3) is 0 Å². The second-order valence-corrected chi connectivity index (χ2v) is 6.71. The molecule has 3 nitrogen and oxygen atoms in total. The fraction of sp³-hybridized carbons (Fsp3) is 0.938. The molecule has 1 heterocycles. The lowest BCUT2D eigenvalue weighted by Gasteiger charge is -2.41. The lowest BCUT2D eigenvalue weighted by Crippen LogP contribution is -2.47. The number of aliphatic carboxylic acids is 1. The second kappa shape index (κ2) is 7.28. The van der Waals surface area contributed by atoms with E-state index in [1.54, 1.807) is 0 Å². The molecule has 1 aliphatic heterocycles. The van der Waals surface area contributed by atoms with E-state index in [2.05, 4.69) is 18.7 Å². The van der Waals surface area contributed by atoms with Crippen LogP contribution in [0.15, 0.2) is 0 Å². The highest BCUT2D eigenvalue weighted by Crippen LogP contribution is 2.35. The normalized spacial score (nSPS) is 23.3. The van der Waals surface area contributed by atoms with Gasteiger partial charge in [0.05, 0.1) is 5.41 Å². The van der Waals surface area contributed by atoms with Crippen LogP contribution in [0.3, 0.4) is 0 Å². The Morgan fingerprint density at radius 2 is 2.11 bits per heavy atom. The Morgan fingerprint density at radius 3 is 2.68 bits per heavy atom. The molecule has 1 saturated heterocycles. The van der Waals surface area contributed by atoms with E-state index < -0.39 is 11.4 Å². The van der Waals surface area contributed by atoms with Gasteiger partial charge in [0.1, 0.15) is 0 Å². The second-order valence-electron chi connectivity index (χ2n) is 6.71. The molecule has 0 aromatic rings. The monoisotopic (exact) mass is 269 g/mol. The number of unbranched alkanes of at least 4 members (excludes halogenated alkanes) is 2. The highest BCUT2D eigenvalue weighted by molar-refractivity contribution is 5.74. The van der Waals surface area contributed by atoms with Gasteiger partial charge in [0.15, 0.2) is 0 Å². The van der Waals surface area contributed by atoms with E-state index in [-0.39, 0.29) is 5.92 Å². The van der Waals surface area contributed by atoms with Gasteiger partial charge in [-0.15, -0.1) is 0 Å². The first-order chi connectivity index (χ1) is 8.89. The summed E-state index contributed by atoms with van der Waals surface area (Å²) in [6.45, 7) is 10.4. The van der Waals surface area contributed by atoms with Gasteiger partial charge >= 0.3 is 5.97 Å². The quantitative estimate of drug-likeness (QED) is 0.715. The van der Waals surface area contributed by atoms with Gasteiger partial charge in [-0.05, 0) is 52.5 Å². The summed E-state index contributed by atoms with van der Waals surface area (Å²) in [5, 5.41) is 9.37. The molecular weight excluding hydrogens is 238 g/mol. The van der Waals surface area contributed by atoms with E-state index in [1.807, 2.05) is 13.8 Å². The Labute approximate surface area is 118 Å². The van der Waals surface area contributed by atoms with Crippen LogP contribution in [0.5, 0.6) is 0 Å². The van der Waals surface area contributed by atoms with Gasteiger partial charge < -0.3 is 10.0 Å². The number of carboxylic acids is 1. The minimum Gasteiger partial charge on any atom is -0.481 e. The minimum atomic E-state index is -0.655. The first-order valence-electron chi connectivity index (χ1n) is 7.87. The van der Waals surface area contributed by atoms with Gasteiger partial charge in [-0.1, -0.05) is 26.2 Å². The van der Waals surface area contributed by atoms with Crippen molar-refractivity contribution >= 4 is 5.97 Å². The van der Waals surface area contributed by atoms with Crippen LogP contribution in [-0.4, -0.2) is 35.1 Å². The smallest absolute Gasteiger partial charge is 0.309 e. The van der Waals surface area contributed by atoms with Crippen molar-refractivity contribution in [2.45, 2.75) is 72.3 Å². The molecule has 0 spiro atoms. The van der Waals surface area contributed by atoms with Crippen LogP contribution in [0.1, 0.15) is 66.2 Å². The van der Waals surface area contributed by atoms with Gasteiger partial charge in [-0.25, -0.2) is 0 Å². The van der Waals surface area contributed by atoms with Crippen LogP contribution in [0.2, 0.25) is 0 Å². The zero-order valence-corrected chi connectivity index (χ0v) is 13.1. The van der Waals surface area contributed by atoms with E-state index in [1.165, 1.54) is 25.7 Å². The van der Waals surface area contributed by atoms with Crippen molar-refractivity contribution in [1.29, 1.82) is 0 Å². The number of piperidine rings is 1. The summed E-state index contributed by atoms with van der Waals surface area (Å²) in [5.74, 6) is -0.370. The Morgan fingerprint density at radius 1 is 1.42 bits per heavy atom. The van der Waals surface area contributed by atoms with Crippen LogP contribution in [0.4, 0.5) is 0 Å². The Bertz CT molecular complexity index is 288. The molecule has 0 aliphatic carbocycles. The summed E-state index contributed by atoms with van der Waals surface area (Å²) in [6.07, 6.45) is 7.30. The van der Waals surface area contributed by atoms with Crippen LogP contribution < -0.4 is 0 Å².